The second-order valence-electron chi connectivity index (χ2n) is 7.22. The maximum atomic E-state index is 13.0. The zero-order chi connectivity index (χ0) is 20.9. The van der Waals surface area contributed by atoms with E-state index in [4.69, 9.17) is 14.2 Å². The van der Waals surface area contributed by atoms with Crippen molar-refractivity contribution in [3.8, 4) is 17.8 Å². The number of rotatable bonds is 10. The van der Waals surface area contributed by atoms with Crippen LogP contribution in [0, 0.1) is 5.41 Å². The third-order valence-corrected chi connectivity index (χ3v) is 6.56. The highest BCUT2D eigenvalue weighted by atomic mass is 32.2. The minimum Gasteiger partial charge on any atom is -0.481 e. The zero-order valence-corrected chi connectivity index (χ0v) is 17.2. The molecule has 2 rings (SSSR count). The maximum Gasteiger partial charge on any atom is 0.323 e. The van der Waals surface area contributed by atoms with E-state index in [0.717, 1.165) is 6.42 Å². The van der Waals surface area contributed by atoms with Gasteiger partial charge in [-0.25, -0.2) is 13.1 Å². The molecule has 1 saturated carbocycles. The lowest BCUT2D eigenvalue weighted by atomic mass is 9.83. The topological polar surface area (TPSA) is 117 Å². The summed E-state index contributed by atoms with van der Waals surface area (Å²) in [5, 5.41) is -0.602. The number of halogens is 1. The van der Waals surface area contributed by atoms with Crippen LogP contribution in [0.25, 0.3) is 0 Å². The smallest absolute Gasteiger partial charge is 0.323 e. The average Bonchev–Trinajstić information content (AvgIpc) is 2.56. The number of ether oxygens (including phenoxy) is 3. The predicted molar refractivity (Wildman–Crippen MR) is 98.6 cm³/mol. The Morgan fingerprint density at radius 2 is 1.86 bits per heavy atom. The van der Waals surface area contributed by atoms with Crippen molar-refractivity contribution in [2.75, 3.05) is 20.9 Å². The standard InChI is InChI=1S/C17H26FN3O6S/c1-17(2,8-9-18)14(15(22)21-28(23,24)11-6-5-7-11)27-16-19-12(25-3)10-13(20-16)26-4/h10-11,14H,5-9H2,1-4H3,(H,21,22). The summed E-state index contributed by atoms with van der Waals surface area (Å²) >= 11 is 0. The summed E-state index contributed by atoms with van der Waals surface area (Å²) in [6, 6.07) is 1.17. The lowest BCUT2D eigenvalue weighted by Crippen LogP contribution is -2.52. The third kappa shape index (κ3) is 5.21. The van der Waals surface area contributed by atoms with Gasteiger partial charge in [0.05, 0.1) is 32.2 Å². The van der Waals surface area contributed by atoms with Gasteiger partial charge in [0.1, 0.15) is 0 Å². The maximum absolute atomic E-state index is 13.0. The van der Waals surface area contributed by atoms with Crippen LogP contribution in [0.5, 0.6) is 17.8 Å². The van der Waals surface area contributed by atoms with Gasteiger partial charge in [0, 0.05) is 5.41 Å². The number of hydrogen-bond acceptors (Lipinski definition) is 8. The molecule has 158 valence electrons. The second-order valence-corrected chi connectivity index (χ2v) is 9.19. The molecule has 0 spiro atoms. The summed E-state index contributed by atoms with van der Waals surface area (Å²) < 4.78 is 55.5. The van der Waals surface area contributed by atoms with Crippen LogP contribution in [-0.2, 0) is 14.8 Å². The van der Waals surface area contributed by atoms with Crippen LogP contribution >= 0.6 is 0 Å². The van der Waals surface area contributed by atoms with Crippen molar-refractivity contribution < 1.29 is 31.8 Å². The summed E-state index contributed by atoms with van der Waals surface area (Å²) in [6.07, 6.45) is 0.409. The summed E-state index contributed by atoms with van der Waals surface area (Å²) in [5.74, 6) is -0.631. The van der Waals surface area contributed by atoms with Crippen LogP contribution in [0.2, 0.25) is 0 Å². The van der Waals surface area contributed by atoms with Gasteiger partial charge in [-0.3, -0.25) is 9.18 Å². The Hall–Kier alpha value is -2.17. The molecule has 0 saturated heterocycles. The van der Waals surface area contributed by atoms with Crippen LogP contribution < -0.4 is 18.9 Å². The summed E-state index contributed by atoms with van der Waals surface area (Å²) in [4.78, 5) is 20.8. The highest BCUT2D eigenvalue weighted by Crippen LogP contribution is 2.31. The highest BCUT2D eigenvalue weighted by Gasteiger charge is 2.41. The van der Waals surface area contributed by atoms with Gasteiger partial charge in [-0.1, -0.05) is 20.3 Å². The van der Waals surface area contributed by atoms with E-state index in [1.54, 1.807) is 13.8 Å². The molecule has 9 nitrogen and oxygen atoms in total. The van der Waals surface area contributed by atoms with E-state index in [2.05, 4.69) is 14.7 Å². The van der Waals surface area contributed by atoms with Crippen molar-refractivity contribution in [3.05, 3.63) is 6.07 Å². The van der Waals surface area contributed by atoms with Crippen molar-refractivity contribution >= 4 is 15.9 Å². The summed E-state index contributed by atoms with van der Waals surface area (Å²) in [5.41, 5.74) is -1.03. The molecule has 0 radical (unpaired) electrons. The number of carbonyl (C=O) groups is 1. The Morgan fingerprint density at radius 1 is 1.29 bits per heavy atom. The van der Waals surface area contributed by atoms with Gasteiger partial charge in [0.2, 0.25) is 21.8 Å². The monoisotopic (exact) mass is 419 g/mol. The number of sulfonamides is 1. The second kappa shape index (κ2) is 8.89. The van der Waals surface area contributed by atoms with Crippen molar-refractivity contribution in [3.63, 3.8) is 0 Å². The molecule has 1 N–H and O–H groups in total. The number of amides is 1. The van der Waals surface area contributed by atoms with Crippen LogP contribution in [-0.4, -0.2) is 56.5 Å². The van der Waals surface area contributed by atoms with Gasteiger partial charge in [-0.15, -0.1) is 0 Å². The molecule has 1 heterocycles. The number of carbonyl (C=O) groups excluding carboxylic acids is 1. The molecule has 0 aromatic carbocycles. The number of alkyl halides is 1. The fraction of sp³-hybridized carbons (Fsp3) is 0.706. The molecule has 1 amide bonds. The summed E-state index contributed by atoms with van der Waals surface area (Å²) in [7, 11) is -1.06. The molecule has 1 fully saturated rings. The molecule has 1 aromatic heterocycles. The summed E-state index contributed by atoms with van der Waals surface area (Å²) in [6.45, 7) is 2.49. The molecule has 1 aliphatic carbocycles. The number of aromatic nitrogens is 2. The number of nitrogens with zero attached hydrogens (tertiary/aromatic N) is 2. The van der Waals surface area contributed by atoms with E-state index in [9.17, 15) is 17.6 Å². The highest BCUT2D eigenvalue weighted by molar-refractivity contribution is 7.90. The Bertz CT molecular complexity index is 776. The first kappa shape index (κ1) is 22.1. The molecule has 0 aliphatic heterocycles. The minimum atomic E-state index is -3.82. The Labute approximate surface area is 164 Å². The molecule has 0 bridgehead atoms. The third-order valence-electron chi connectivity index (χ3n) is 4.72. The van der Waals surface area contributed by atoms with Crippen molar-refractivity contribution in [2.45, 2.75) is 50.9 Å². The Balaban J connectivity index is 2.30. The fourth-order valence-electron chi connectivity index (χ4n) is 2.65. The minimum absolute atomic E-state index is 0.0321. The van der Waals surface area contributed by atoms with Crippen molar-refractivity contribution in [1.82, 2.24) is 14.7 Å². The van der Waals surface area contributed by atoms with Gasteiger partial charge in [-0.2, -0.15) is 9.97 Å². The SMILES string of the molecule is COc1cc(OC)nc(OC(C(=O)NS(=O)(=O)C2CCC2)C(C)(C)CCF)n1. The molecule has 11 heteroatoms. The molecular weight excluding hydrogens is 393 g/mol. The first-order valence-electron chi connectivity index (χ1n) is 8.88. The van der Waals surface area contributed by atoms with E-state index >= 15 is 0 Å². The first-order valence-corrected chi connectivity index (χ1v) is 10.4. The number of methoxy groups -OCH3 is 2. The number of nitrogens with one attached hydrogen (secondary N) is 1. The number of hydrogen-bond donors (Lipinski definition) is 1. The van der Waals surface area contributed by atoms with Gasteiger partial charge in [-0.05, 0) is 19.3 Å². The molecule has 1 aromatic rings. The van der Waals surface area contributed by atoms with Gasteiger partial charge < -0.3 is 14.2 Å². The van der Waals surface area contributed by atoms with Crippen LogP contribution in [0.1, 0.15) is 39.5 Å². The molecule has 1 aliphatic rings. The van der Waals surface area contributed by atoms with E-state index in [-0.39, 0.29) is 24.2 Å². The average molecular weight is 419 g/mol. The van der Waals surface area contributed by atoms with E-state index in [0.29, 0.717) is 12.8 Å². The van der Waals surface area contributed by atoms with Crippen LogP contribution in [0.3, 0.4) is 0 Å². The zero-order valence-electron chi connectivity index (χ0n) is 16.4. The fourth-order valence-corrected chi connectivity index (χ4v) is 4.16. The van der Waals surface area contributed by atoms with Crippen molar-refractivity contribution in [1.29, 1.82) is 0 Å². The normalized spacial score (nSPS) is 16.0. The van der Waals surface area contributed by atoms with Gasteiger partial charge in [0.15, 0.2) is 6.10 Å². The van der Waals surface area contributed by atoms with E-state index < -0.39 is 39.4 Å². The molecule has 1 atom stereocenters. The first-order chi connectivity index (χ1) is 13.1. The van der Waals surface area contributed by atoms with Crippen molar-refractivity contribution in [2.24, 2.45) is 5.41 Å². The lowest BCUT2D eigenvalue weighted by Gasteiger charge is -2.33. The van der Waals surface area contributed by atoms with Crippen LogP contribution in [0.15, 0.2) is 6.07 Å². The quantitative estimate of drug-likeness (QED) is 0.608. The van der Waals surface area contributed by atoms with Gasteiger partial charge >= 0.3 is 6.01 Å². The molecular formula is C17H26FN3O6S. The Morgan fingerprint density at radius 3 is 2.29 bits per heavy atom. The van der Waals surface area contributed by atoms with Gasteiger partial charge in [0.25, 0.3) is 5.91 Å². The van der Waals surface area contributed by atoms with E-state index in [1.807, 2.05) is 0 Å². The predicted octanol–water partition coefficient (Wildman–Crippen LogP) is 1.63. The van der Waals surface area contributed by atoms with Crippen LogP contribution in [0.4, 0.5) is 4.39 Å². The molecule has 28 heavy (non-hydrogen) atoms. The molecule has 1 unspecified atom stereocenters. The Kier molecular flexibility index (Phi) is 7.02. The largest absolute Gasteiger partial charge is 0.481 e. The van der Waals surface area contributed by atoms with E-state index in [1.165, 1.54) is 20.3 Å². The lowest BCUT2D eigenvalue weighted by molar-refractivity contribution is -0.132.